The van der Waals surface area contributed by atoms with Gasteiger partial charge in [-0.2, -0.15) is 0 Å². The standard InChI is InChI=1S/C8H7ClN2/c1-6-2-7(9)4-11-5-10-3-8(6)11/h2-5H,1H3. The van der Waals surface area contributed by atoms with E-state index in [1.54, 1.807) is 6.33 Å². The van der Waals surface area contributed by atoms with Crippen molar-refractivity contribution in [3.05, 3.63) is 35.4 Å². The van der Waals surface area contributed by atoms with E-state index in [1.165, 1.54) is 0 Å². The predicted molar refractivity (Wildman–Crippen MR) is 44.9 cm³/mol. The summed E-state index contributed by atoms with van der Waals surface area (Å²) in [6.45, 7) is 2.02. The normalized spacial score (nSPS) is 10.7. The summed E-state index contributed by atoms with van der Waals surface area (Å²) in [6.07, 6.45) is 5.41. The van der Waals surface area contributed by atoms with Crippen LogP contribution >= 0.6 is 11.6 Å². The SMILES string of the molecule is Cc1cc(Cl)cn2cncc12. The van der Waals surface area contributed by atoms with E-state index < -0.39 is 0 Å². The first-order chi connectivity index (χ1) is 5.27. The van der Waals surface area contributed by atoms with Crippen LogP contribution in [-0.2, 0) is 0 Å². The Morgan fingerprint density at radius 1 is 1.55 bits per heavy atom. The van der Waals surface area contributed by atoms with Crippen LogP contribution in [0.1, 0.15) is 5.56 Å². The maximum absolute atomic E-state index is 5.83. The highest BCUT2D eigenvalue weighted by molar-refractivity contribution is 6.30. The van der Waals surface area contributed by atoms with Crippen molar-refractivity contribution >= 4 is 17.1 Å². The molecule has 0 saturated heterocycles. The van der Waals surface area contributed by atoms with Gasteiger partial charge in [0.2, 0.25) is 0 Å². The molecule has 0 radical (unpaired) electrons. The Morgan fingerprint density at radius 3 is 3.18 bits per heavy atom. The molecule has 0 N–H and O–H groups in total. The van der Waals surface area contributed by atoms with Crippen molar-refractivity contribution < 1.29 is 0 Å². The van der Waals surface area contributed by atoms with E-state index in [0.717, 1.165) is 16.1 Å². The van der Waals surface area contributed by atoms with Crippen molar-refractivity contribution in [2.45, 2.75) is 6.92 Å². The van der Waals surface area contributed by atoms with Gasteiger partial charge in [-0.1, -0.05) is 11.6 Å². The molecule has 0 spiro atoms. The van der Waals surface area contributed by atoms with E-state index in [-0.39, 0.29) is 0 Å². The number of hydrogen-bond donors (Lipinski definition) is 0. The fourth-order valence-electron chi connectivity index (χ4n) is 1.16. The van der Waals surface area contributed by atoms with Gasteiger partial charge in [-0.3, -0.25) is 0 Å². The Kier molecular flexibility index (Phi) is 1.36. The number of aryl methyl sites for hydroxylation is 1. The molecule has 0 saturated carbocycles. The predicted octanol–water partition coefficient (Wildman–Crippen LogP) is 2.30. The smallest absolute Gasteiger partial charge is 0.0992 e. The highest BCUT2D eigenvalue weighted by Crippen LogP contribution is 2.15. The van der Waals surface area contributed by atoms with Gasteiger partial charge in [0.25, 0.3) is 0 Å². The lowest BCUT2D eigenvalue weighted by Gasteiger charge is -1.97. The average molecular weight is 167 g/mol. The van der Waals surface area contributed by atoms with Crippen molar-refractivity contribution in [3.63, 3.8) is 0 Å². The van der Waals surface area contributed by atoms with Gasteiger partial charge < -0.3 is 4.40 Å². The number of hydrogen-bond acceptors (Lipinski definition) is 1. The Labute approximate surface area is 69.4 Å². The number of nitrogens with zero attached hydrogens (tertiary/aromatic N) is 2. The quantitative estimate of drug-likeness (QED) is 0.587. The molecule has 0 bridgehead atoms. The third-order valence-electron chi connectivity index (χ3n) is 1.69. The van der Waals surface area contributed by atoms with Gasteiger partial charge in [0.1, 0.15) is 0 Å². The lowest BCUT2D eigenvalue weighted by atomic mass is 10.3. The van der Waals surface area contributed by atoms with Crippen LogP contribution in [0.2, 0.25) is 5.02 Å². The minimum absolute atomic E-state index is 0.744. The molecule has 0 amide bonds. The van der Waals surface area contributed by atoms with Crippen LogP contribution in [0.5, 0.6) is 0 Å². The molecule has 0 aliphatic carbocycles. The Bertz CT molecular complexity index is 392. The number of fused-ring (bicyclic) bond motifs is 1. The van der Waals surface area contributed by atoms with Crippen LogP contribution in [0.25, 0.3) is 5.52 Å². The topological polar surface area (TPSA) is 17.3 Å². The number of rotatable bonds is 0. The Balaban J connectivity index is 2.91. The second-order valence-corrected chi connectivity index (χ2v) is 2.96. The van der Waals surface area contributed by atoms with E-state index >= 15 is 0 Å². The van der Waals surface area contributed by atoms with Crippen molar-refractivity contribution in [1.29, 1.82) is 0 Å². The van der Waals surface area contributed by atoms with Gasteiger partial charge in [-0.25, -0.2) is 4.98 Å². The first kappa shape index (κ1) is 6.68. The van der Waals surface area contributed by atoms with Crippen LogP contribution in [0.15, 0.2) is 24.8 Å². The van der Waals surface area contributed by atoms with Crippen LogP contribution in [0, 0.1) is 6.92 Å². The van der Waals surface area contributed by atoms with Crippen molar-refractivity contribution in [2.75, 3.05) is 0 Å². The zero-order valence-corrected chi connectivity index (χ0v) is 6.84. The van der Waals surface area contributed by atoms with Crippen LogP contribution in [-0.4, -0.2) is 9.38 Å². The molecule has 0 aromatic carbocycles. The van der Waals surface area contributed by atoms with Crippen LogP contribution in [0.3, 0.4) is 0 Å². The summed E-state index contributed by atoms with van der Waals surface area (Å²) in [5.74, 6) is 0. The molecule has 2 rings (SSSR count). The molecular formula is C8H7ClN2. The summed E-state index contributed by atoms with van der Waals surface area (Å²) < 4.78 is 1.91. The molecule has 2 aromatic heterocycles. The average Bonchev–Trinajstić information content (AvgIpc) is 2.34. The lowest BCUT2D eigenvalue weighted by molar-refractivity contribution is 1.14. The molecule has 3 heteroatoms. The van der Waals surface area contributed by atoms with Gasteiger partial charge in [0.15, 0.2) is 0 Å². The number of imidazole rings is 1. The van der Waals surface area contributed by atoms with Gasteiger partial charge in [-0.05, 0) is 18.6 Å². The first-order valence-corrected chi connectivity index (χ1v) is 3.73. The minimum Gasteiger partial charge on any atom is -0.305 e. The summed E-state index contributed by atoms with van der Waals surface area (Å²) in [4.78, 5) is 4.01. The second kappa shape index (κ2) is 2.24. The minimum atomic E-state index is 0.744. The lowest BCUT2D eigenvalue weighted by Crippen LogP contribution is -1.84. The van der Waals surface area contributed by atoms with Crippen LogP contribution < -0.4 is 0 Å². The number of aromatic nitrogens is 2. The molecule has 2 heterocycles. The third-order valence-corrected chi connectivity index (χ3v) is 1.89. The molecule has 0 fully saturated rings. The first-order valence-electron chi connectivity index (χ1n) is 3.35. The van der Waals surface area contributed by atoms with Gasteiger partial charge in [0.05, 0.1) is 23.1 Å². The zero-order valence-electron chi connectivity index (χ0n) is 6.08. The zero-order chi connectivity index (χ0) is 7.84. The monoisotopic (exact) mass is 166 g/mol. The van der Waals surface area contributed by atoms with Crippen molar-refractivity contribution in [2.24, 2.45) is 0 Å². The molecule has 0 aliphatic rings. The molecule has 2 aromatic rings. The summed E-state index contributed by atoms with van der Waals surface area (Å²) in [5.41, 5.74) is 2.25. The number of halogens is 1. The molecule has 0 atom stereocenters. The third kappa shape index (κ3) is 0.994. The summed E-state index contributed by atoms with van der Waals surface area (Å²) in [5, 5.41) is 0.744. The largest absolute Gasteiger partial charge is 0.305 e. The molecule has 2 nitrogen and oxygen atoms in total. The number of pyridine rings is 1. The van der Waals surface area contributed by atoms with E-state index in [1.807, 2.05) is 29.8 Å². The molecule has 56 valence electrons. The van der Waals surface area contributed by atoms with E-state index in [4.69, 9.17) is 11.6 Å². The van der Waals surface area contributed by atoms with Crippen molar-refractivity contribution in [3.8, 4) is 0 Å². The maximum atomic E-state index is 5.83. The summed E-state index contributed by atoms with van der Waals surface area (Å²) >= 11 is 5.83. The molecular weight excluding hydrogens is 160 g/mol. The highest BCUT2D eigenvalue weighted by Gasteiger charge is 1.97. The highest BCUT2D eigenvalue weighted by atomic mass is 35.5. The Morgan fingerprint density at radius 2 is 2.36 bits per heavy atom. The van der Waals surface area contributed by atoms with Crippen molar-refractivity contribution in [1.82, 2.24) is 9.38 Å². The summed E-state index contributed by atoms with van der Waals surface area (Å²) in [7, 11) is 0. The van der Waals surface area contributed by atoms with Gasteiger partial charge in [0, 0.05) is 6.20 Å². The molecule has 11 heavy (non-hydrogen) atoms. The van der Waals surface area contributed by atoms with E-state index in [9.17, 15) is 0 Å². The second-order valence-electron chi connectivity index (χ2n) is 2.53. The fraction of sp³-hybridized carbons (Fsp3) is 0.125. The molecule has 0 unspecified atom stereocenters. The Hall–Kier alpha value is -1.02. The fourth-order valence-corrected chi connectivity index (χ4v) is 1.43. The maximum Gasteiger partial charge on any atom is 0.0992 e. The molecule has 0 aliphatic heterocycles. The van der Waals surface area contributed by atoms with Gasteiger partial charge in [-0.15, -0.1) is 0 Å². The van der Waals surface area contributed by atoms with E-state index in [2.05, 4.69) is 4.98 Å². The van der Waals surface area contributed by atoms with Gasteiger partial charge >= 0.3 is 0 Å². The summed E-state index contributed by atoms with van der Waals surface area (Å²) in [6, 6.07) is 1.93. The van der Waals surface area contributed by atoms with Crippen LogP contribution in [0.4, 0.5) is 0 Å². The van der Waals surface area contributed by atoms with E-state index in [0.29, 0.717) is 0 Å².